The first-order valence-corrected chi connectivity index (χ1v) is 11.8. The molecule has 2 heterocycles. The molecule has 2 saturated carbocycles. The van der Waals surface area contributed by atoms with Crippen molar-refractivity contribution in [2.24, 2.45) is 11.3 Å². The highest BCUT2D eigenvalue weighted by Crippen LogP contribution is 2.63. The highest BCUT2D eigenvalue weighted by Gasteiger charge is 2.59. The van der Waals surface area contributed by atoms with Gasteiger partial charge < -0.3 is 23.8 Å². The number of esters is 1. The summed E-state index contributed by atoms with van der Waals surface area (Å²) in [7, 11) is 5.30. The molecule has 1 aromatic rings. The molecule has 1 aromatic heterocycles. The Bertz CT molecular complexity index is 932. The van der Waals surface area contributed by atoms with Gasteiger partial charge in [0.15, 0.2) is 0 Å². The molecular weight excluding hydrogens is 410 g/mol. The maximum atomic E-state index is 13.2. The van der Waals surface area contributed by atoms with E-state index >= 15 is 0 Å². The summed E-state index contributed by atoms with van der Waals surface area (Å²) in [6.45, 7) is 2.61. The van der Waals surface area contributed by atoms with Crippen LogP contribution >= 0.6 is 0 Å². The minimum absolute atomic E-state index is 0.138. The highest BCUT2D eigenvalue weighted by atomic mass is 16.5. The molecule has 1 aliphatic heterocycles. The summed E-state index contributed by atoms with van der Waals surface area (Å²) in [6, 6.07) is 1.39. The summed E-state index contributed by atoms with van der Waals surface area (Å²) in [6.07, 6.45) is 7.00. The van der Waals surface area contributed by atoms with Gasteiger partial charge >= 0.3 is 5.97 Å². The molecule has 2 fully saturated rings. The van der Waals surface area contributed by atoms with Crippen molar-refractivity contribution in [2.75, 3.05) is 47.4 Å². The molecule has 176 valence electrons. The van der Waals surface area contributed by atoms with Crippen molar-refractivity contribution < 1.29 is 19.1 Å². The third-order valence-corrected chi connectivity index (χ3v) is 7.39. The molecule has 2 aliphatic carbocycles. The molecule has 4 rings (SSSR count). The fourth-order valence-electron chi connectivity index (χ4n) is 5.52. The highest BCUT2D eigenvalue weighted by molar-refractivity contribution is 5.93. The van der Waals surface area contributed by atoms with Crippen LogP contribution in [-0.4, -0.2) is 73.7 Å². The molecule has 0 bridgehead atoms. The number of aromatic nitrogens is 1. The van der Waals surface area contributed by atoms with Gasteiger partial charge in [-0.05, 0) is 45.2 Å². The van der Waals surface area contributed by atoms with Crippen LogP contribution in [0.15, 0.2) is 10.9 Å². The van der Waals surface area contributed by atoms with Crippen molar-refractivity contribution in [3.05, 3.63) is 27.7 Å². The molecule has 1 atom stereocenters. The van der Waals surface area contributed by atoms with E-state index in [1.54, 1.807) is 4.57 Å². The van der Waals surface area contributed by atoms with Crippen LogP contribution in [0, 0.1) is 11.3 Å². The zero-order valence-electron chi connectivity index (χ0n) is 19.5. The first-order valence-electron chi connectivity index (χ1n) is 11.8. The Morgan fingerprint density at radius 2 is 1.94 bits per heavy atom. The minimum atomic E-state index is -0.511. The molecule has 1 spiro atoms. The molecule has 1 unspecified atom stereocenters. The molecule has 8 nitrogen and oxygen atoms in total. The molecule has 0 aromatic carbocycles. The summed E-state index contributed by atoms with van der Waals surface area (Å²) in [5, 5.41) is 0. The van der Waals surface area contributed by atoms with Gasteiger partial charge in [-0.15, -0.1) is 0 Å². The fraction of sp³-hybridized carbons (Fsp3) is 0.708. The van der Waals surface area contributed by atoms with Crippen LogP contribution in [0.2, 0.25) is 0 Å². The summed E-state index contributed by atoms with van der Waals surface area (Å²) < 4.78 is 12.5. The van der Waals surface area contributed by atoms with Crippen LogP contribution in [-0.2, 0) is 22.5 Å². The number of hydrogen-bond acceptors (Lipinski definition) is 6. The Morgan fingerprint density at radius 1 is 1.19 bits per heavy atom. The molecule has 1 amide bonds. The first-order chi connectivity index (χ1) is 15.4. The van der Waals surface area contributed by atoms with Crippen LogP contribution in [0.4, 0.5) is 0 Å². The van der Waals surface area contributed by atoms with E-state index in [2.05, 4.69) is 4.90 Å². The lowest BCUT2D eigenvalue weighted by molar-refractivity contribution is -0.133. The van der Waals surface area contributed by atoms with E-state index in [-0.39, 0.29) is 28.5 Å². The van der Waals surface area contributed by atoms with Gasteiger partial charge in [-0.3, -0.25) is 9.59 Å². The van der Waals surface area contributed by atoms with Gasteiger partial charge in [-0.1, -0.05) is 12.8 Å². The molecule has 8 heteroatoms. The van der Waals surface area contributed by atoms with Crippen molar-refractivity contribution in [1.82, 2.24) is 14.4 Å². The average molecular weight is 446 g/mol. The number of carbonyl (C=O) groups is 2. The van der Waals surface area contributed by atoms with Gasteiger partial charge in [0.2, 0.25) is 5.91 Å². The van der Waals surface area contributed by atoms with Crippen molar-refractivity contribution >= 4 is 11.9 Å². The van der Waals surface area contributed by atoms with E-state index < -0.39 is 5.97 Å². The molecule has 3 aliphatic rings. The summed E-state index contributed by atoms with van der Waals surface area (Å²) in [5.74, 6) is 0.119. The van der Waals surface area contributed by atoms with E-state index in [1.165, 1.54) is 26.0 Å². The van der Waals surface area contributed by atoms with E-state index in [4.69, 9.17) is 9.47 Å². The van der Waals surface area contributed by atoms with E-state index in [1.807, 2.05) is 19.0 Å². The molecule has 0 radical (unpaired) electrons. The van der Waals surface area contributed by atoms with E-state index in [9.17, 15) is 14.4 Å². The number of pyridine rings is 1. The van der Waals surface area contributed by atoms with Gasteiger partial charge in [-0.25, -0.2) is 4.79 Å². The van der Waals surface area contributed by atoms with Crippen molar-refractivity contribution in [2.45, 2.75) is 51.5 Å². The number of ether oxygens (including phenoxy) is 2. The number of rotatable bonds is 7. The second-order valence-corrected chi connectivity index (χ2v) is 9.72. The van der Waals surface area contributed by atoms with Crippen molar-refractivity contribution in [1.29, 1.82) is 0 Å². The Hall–Kier alpha value is -2.35. The number of nitrogens with zero attached hydrogens (tertiary/aromatic N) is 3. The fourth-order valence-corrected chi connectivity index (χ4v) is 5.52. The molecule has 0 saturated heterocycles. The van der Waals surface area contributed by atoms with Gasteiger partial charge in [0.05, 0.1) is 13.7 Å². The Balaban J connectivity index is 1.53. The van der Waals surface area contributed by atoms with Gasteiger partial charge in [0.25, 0.3) is 5.56 Å². The topological polar surface area (TPSA) is 81.1 Å². The second-order valence-electron chi connectivity index (χ2n) is 9.72. The largest absolute Gasteiger partial charge is 0.492 e. The number of fused-ring (bicyclic) bond motifs is 1. The van der Waals surface area contributed by atoms with Gasteiger partial charge in [0, 0.05) is 50.3 Å². The predicted octanol–water partition coefficient (Wildman–Crippen LogP) is 1.93. The zero-order chi connectivity index (χ0) is 22.9. The predicted molar refractivity (Wildman–Crippen MR) is 120 cm³/mol. The van der Waals surface area contributed by atoms with Crippen LogP contribution in [0.3, 0.4) is 0 Å². The van der Waals surface area contributed by atoms with Crippen molar-refractivity contribution in [3.63, 3.8) is 0 Å². The van der Waals surface area contributed by atoms with Crippen LogP contribution in [0.25, 0.3) is 0 Å². The smallest absolute Gasteiger partial charge is 0.343 e. The lowest BCUT2D eigenvalue weighted by Gasteiger charge is -2.21. The SMILES string of the molecule is COC(=O)c1c(OCCCN(C)C)cc(=O)n2c1CCN(C(=O)C1CC13CCCC3)CC2. The molecular formula is C24H35N3O5. The van der Waals surface area contributed by atoms with Crippen LogP contribution < -0.4 is 10.3 Å². The summed E-state index contributed by atoms with van der Waals surface area (Å²) in [5.41, 5.74) is 0.958. The molecule has 0 N–H and O–H groups in total. The third kappa shape index (κ3) is 4.42. The van der Waals surface area contributed by atoms with E-state index in [0.29, 0.717) is 43.9 Å². The summed E-state index contributed by atoms with van der Waals surface area (Å²) >= 11 is 0. The van der Waals surface area contributed by atoms with Crippen molar-refractivity contribution in [3.8, 4) is 5.75 Å². The second kappa shape index (κ2) is 9.25. The maximum Gasteiger partial charge on any atom is 0.343 e. The monoisotopic (exact) mass is 445 g/mol. The summed E-state index contributed by atoms with van der Waals surface area (Å²) in [4.78, 5) is 42.7. The Labute approximate surface area is 189 Å². The number of carbonyl (C=O) groups excluding carboxylic acids is 2. The average Bonchev–Trinajstić information content (AvgIpc) is 3.35. The lowest BCUT2D eigenvalue weighted by Crippen LogP contribution is -2.36. The van der Waals surface area contributed by atoms with Gasteiger partial charge in [-0.2, -0.15) is 0 Å². The van der Waals surface area contributed by atoms with Crippen LogP contribution in [0.1, 0.15) is 54.6 Å². The number of amides is 1. The Morgan fingerprint density at radius 3 is 2.62 bits per heavy atom. The Kier molecular flexibility index (Phi) is 6.60. The molecule has 32 heavy (non-hydrogen) atoms. The van der Waals surface area contributed by atoms with Gasteiger partial charge in [0.1, 0.15) is 11.3 Å². The third-order valence-electron chi connectivity index (χ3n) is 7.39. The number of methoxy groups -OCH3 is 1. The zero-order valence-corrected chi connectivity index (χ0v) is 19.5. The maximum absolute atomic E-state index is 13.2. The first kappa shape index (κ1) is 22.8. The standard InChI is InChI=1S/C24H35N3O5/c1-25(2)10-6-14-32-19-15-20(28)27-13-12-26(11-7-18(27)21(19)23(30)31-3)22(29)17-16-24(17)8-4-5-9-24/h15,17H,4-14,16H2,1-3H3. The lowest BCUT2D eigenvalue weighted by atomic mass is 10.0. The van der Waals surface area contributed by atoms with Crippen LogP contribution in [0.5, 0.6) is 5.75 Å². The normalized spacial score (nSPS) is 21.4. The number of hydrogen-bond donors (Lipinski definition) is 0. The quantitative estimate of drug-likeness (QED) is 0.471. The minimum Gasteiger partial charge on any atom is -0.492 e. The van der Waals surface area contributed by atoms with E-state index in [0.717, 1.165) is 32.2 Å².